The number of carboxylic acid groups (broad SMARTS) is 1. The molecule has 0 bridgehead atoms. The number of amides is 1. The summed E-state index contributed by atoms with van der Waals surface area (Å²) in [4.78, 5) is 24.0. The molecule has 0 atom stereocenters. The Bertz CT molecular complexity index is 849. The van der Waals surface area contributed by atoms with Crippen molar-refractivity contribution >= 4 is 17.6 Å². The fraction of sp³-hybridized carbons (Fsp3) is 0.500. The van der Waals surface area contributed by atoms with Gasteiger partial charge in [-0.25, -0.2) is 4.79 Å². The molecule has 5 nitrogen and oxygen atoms in total. The Morgan fingerprint density at radius 2 is 1.24 bits per heavy atom. The Balaban J connectivity index is 1.67. The zero-order valence-corrected chi connectivity index (χ0v) is 20.0. The number of benzene rings is 2. The van der Waals surface area contributed by atoms with Gasteiger partial charge < -0.3 is 15.2 Å². The summed E-state index contributed by atoms with van der Waals surface area (Å²) in [7, 11) is 0. The van der Waals surface area contributed by atoms with Crippen molar-refractivity contribution in [2.45, 2.75) is 84.0 Å². The van der Waals surface area contributed by atoms with E-state index in [0.29, 0.717) is 18.0 Å². The molecule has 0 saturated carbocycles. The van der Waals surface area contributed by atoms with E-state index < -0.39 is 11.9 Å². The average molecular weight is 454 g/mol. The van der Waals surface area contributed by atoms with Crippen molar-refractivity contribution in [2.75, 3.05) is 11.9 Å². The molecule has 0 aliphatic carbocycles. The molecular formula is C28H39NO4. The molecule has 0 radical (unpaired) electrons. The molecule has 0 aliphatic heterocycles. The maximum Gasteiger partial charge on any atom is 0.336 e. The smallest absolute Gasteiger partial charge is 0.336 e. The standard InChI is InChI=1S/C28H39NO4/c1-2-3-4-5-6-7-8-9-10-11-12-17-22-33-26-21-16-15-20-25(26)29-27(30)23-18-13-14-19-24(23)28(31)32/h13-16,18-21H,2-12,17,22H2,1H3,(H,29,30)(H,31,32). The van der Waals surface area contributed by atoms with Gasteiger partial charge in [-0.05, 0) is 30.7 Å². The molecular weight excluding hydrogens is 414 g/mol. The molecule has 2 aromatic rings. The number of carbonyl (C=O) groups excluding carboxylic acids is 1. The highest BCUT2D eigenvalue weighted by molar-refractivity contribution is 6.11. The number of aromatic carboxylic acids is 1. The number of anilines is 1. The molecule has 0 saturated heterocycles. The van der Waals surface area contributed by atoms with Gasteiger partial charge in [0.2, 0.25) is 0 Å². The molecule has 0 heterocycles. The minimum Gasteiger partial charge on any atom is -0.491 e. The number of ether oxygens (including phenoxy) is 1. The van der Waals surface area contributed by atoms with E-state index in [-0.39, 0.29) is 11.1 Å². The summed E-state index contributed by atoms with van der Waals surface area (Å²) in [5.74, 6) is -0.992. The number of nitrogens with one attached hydrogen (secondary N) is 1. The van der Waals surface area contributed by atoms with E-state index in [2.05, 4.69) is 12.2 Å². The summed E-state index contributed by atoms with van der Waals surface area (Å²) in [6, 6.07) is 13.4. The third kappa shape index (κ3) is 10.1. The van der Waals surface area contributed by atoms with Gasteiger partial charge in [0.05, 0.1) is 23.4 Å². The van der Waals surface area contributed by atoms with E-state index >= 15 is 0 Å². The highest BCUT2D eigenvalue weighted by atomic mass is 16.5. The lowest BCUT2D eigenvalue weighted by molar-refractivity contribution is 0.0692. The predicted octanol–water partition coefficient (Wildman–Crippen LogP) is 7.72. The van der Waals surface area contributed by atoms with Crippen LogP contribution in [0.1, 0.15) is 105 Å². The van der Waals surface area contributed by atoms with Crippen LogP contribution in [0.15, 0.2) is 48.5 Å². The van der Waals surface area contributed by atoms with Crippen molar-refractivity contribution in [1.82, 2.24) is 0 Å². The third-order valence-corrected chi connectivity index (χ3v) is 5.79. The Morgan fingerprint density at radius 1 is 0.727 bits per heavy atom. The number of carbonyl (C=O) groups is 2. The number of hydrogen-bond acceptors (Lipinski definition) is 3. The van der Waals surface area contributed by atoms with Gasteiger partial charge in [-0.3, -0.25) is 4.79 Å². The molecule has 0 unspecified atom stereocenters. The van der Waals surface area contributed by atoms with Crippen LogP contribution in [0.2, 0.25) is 0 Å². The monoisotopic (exact) mass is 453 g/mol. The zero-order valence-electron chi connectivity index (χ0n) is 20.0. The van der Waals surface area contributed by atoms with Crippen LogP contribution >= 0.6 is 0 Å². The van der Waals surface area contributed by atoms with Gasteiger partial charge in [-0.15, -0.1) is 0 Å². The van der Waals surface area contributed by atoms with Crippen molar-refractivity contribution in [2.24, 2.45) is 0 Å². The number of hydrogen-bond donors (Lipinski definition) is 2. The van der Waals surface area contributed by atoms with Crippen molar-refractivity contribution in [3.63, 3.8) is 0 Å². The second kappa shape index (κ2) is 15.9. The van der Waals surface area contributed by atoms with Gasteiger partial charge >= 0.3 is 5.97 Å². The lowest BCUT2D eigenvalue weighted by Gasteiger charge is -2.13. The van der Waals surface area contributed by atoms with Crippen molar-refractivity contribution in [3.05, 3.63) is 59.7 Å². The summed E-state index contributed by atoms with van der Waals surface area (Å²) in [5, 5.41) is 12.1. The average Bonchev–Trinajstić information content (AvgIpc) is 2.83. The summed E-state index contributed by atoms with van der Waals surface area (Å²) < 4.78 is 5.91. The van der Waals surface area contributed by atoms with Crippen LogP contribution < -0.4 is 10.1 Å². The Kier molecular flexibility index (Phi) is 12.7. The molecule has 0 aromatic heterocycles. The van der Waals surface area contributed by atoms with Crippen molar-refractivity contribution in [3.8, 4) is 5.75 Å². The Labute approximate surface area is 198 Å². The molecule has 0 aliphatic rings. The highest BCUT2D eigenvalue weighted by Gasteiger charge is 2.17. The SMILES string of the molecule is CCCCCCCCCCCCCCOc1ccccc1NC(=O)c1ccccc1C(=O)O. The van der Waals surface area contributed by atoms with Crippen molar-refractivity contribution < 1.29 is 19.4 Å². The van der Waals surface area contributed by atoms with Crippen LogP contribution in [-0.2, 0) is 0 Å². The van der Waals surface area contributed by atoms with Crippen molar-refractivity contribution in [1.29, 1.82) is 0 Å². The molecule has 2 aromatic carbocycles. The fourth-order valence-electron chi connectivity index (χ4n) is 3.88. The summed E-state index contributed by atoms with van der Waals surface area (Å²) in [6.07, 6.45) is 15.5. The van der Waals surface area contributed by atoms with Gasteiger partial charge in [0, 0.05) is 0 Å². The number of para-hydroxylation sites is 2. The van der Waals surface area contributed by atoms with E-state index in [1.807, 2.05) is 18.2 Å². The quantitative estimate of drug-likeness (QED) is 0.240. The van der Waals surface area contributed by atoms with Gasteiger partial charge in [-0.1, -0.05) is 102 Å². The largest absolute Gasteiger partial charge is 0.491 e. The van der Waals surface area contributed by atoms with Crippen LogP contribution in [0.4, 0.5) is 5.69 Å². The van der Waals surface area contributed by atoms with Gasteiger partial charge in [0.25, 0.3) is 5.91 Å². The molecule has 33 heavy (non-hydrogen) atoms. The first-order valence-corrected chi connectivity index (χ1v) is 12.5. The van der Waals surface area contributed by atoms with Crippen LogP contribution in [0.5, 0.6) is 5.75 Å². The maximum atomic E-state index is 12.7. The number of rotatable bonds is 17. The second-order valence-electron chi connectivity index (χ2n) is 8.54. The van der Waals surface area contributed by atoms with Crippen LogP contribution in [-0.4, -0.2) is 23.6 Å². The first kappa shape index (κ1) is 26.4. The summed E-state index contributed by atoms with van der Waals surface area (Å²) in [6.45, 7) is 2.85. The van der Waals surface area contributed by atoms with E-state index in [0.717, 1.165) is 12.8 Å². The predicted molar refractivity (Wildman–Crippen MR) is 134 cm³/mol. The second-order valence-corrected chi connectivity index (χ2v) is 8.54. The van der Waals surface area contributed by atoms with Crippen LogP contribution in [0.3, 0.4) is 0 Å². The third-order valence-electron chi connectivity index (χ3n) is 5.79. The fourth-order valence-corrected chi connectivity index (χ4v) is 3.88. The summed E-state index contributed by atoms with van der Waals surface area (Å²) >= 11 is 0. The minimum absolute atomic E-state index is 0.0232. The molecule has 0 spiro atoms. The molecule has 1 amide bonds. The van der Waals surface area contributed by atoms with E-state index in [1.165, 1.54) is 76.3 Å². The Hall–Kier alpha value is -2.82. The molecule has 2 rings (SSSR count). The minimum atomic E-state index is -1.13. The van der Waals surface area contributed by atoms with Crippen LogP contribution in [0, 0.1) is 0 Å². The van der Waals surface area contributed by atoms with E-state index in [1.54, 1.807) is 18.2 Å². The lowest BCUT2D eigenvalue weighted by atomic mass is 10.1. The molecule has 2 N–H and O–H groups in total. The topological polar surface area (TPSA) is 75.6 Å². The van der Waals surface area contributed by atoms with Gasteiger partial charge in [-0.2, -0.15) is 0 Å². The molecule has 180 valence electrons. The van der Waals surface area contributed by atoms with Crippen LogP contribution in [0.25, 0.3) is 0 Å². The number of unbranched alkanes of at least 4 members (excludes halogenated alkanes) is 11. The zero-order chi connectivity index (χ0) is 23.7. The van der Waals surface area contributed by atoms with E-state index in [4.69, 9.17) is 4.74 Å². The normalized spacial score (nSPS) is 10.7. The molecule has 0 fully saturated rings. The Morgan fingerprint density at radius 3 is 1.85 bits per heavy atom. The van der Waals surface area contributed by atoms with E-state index in [9.17, 15) is 14.7 Å². The van der Waals surface area contributed by atoms with Gasteiger partial charge in [0.15, 0.2) is 0 Å². The highest BCUT2D eigenvalue weighted by Crippen LogP contribution is 2.25. The van der Waals surface area contributed by atoms with Gasteiger partial charge in [0.1, 0.15) is 5.75 Å². The maximum absolute atomic E-state index is 12.7. The lowest BCUT2D eigenvalue weighted by Crippen LogP contribution is -2.17. The summed E-state index contributed by atoms with van der Waals surface area (Å²) in [5.41, 5.74) is 0.646. The molecule has 5 heteroatoms. The number of carboxylic acids is 1. The first-order valence-electron chi connectivity index (χ1n) is 12.5. The first-order chi connectivity index (χ1) is 16.1.